The number of hydrogen-bond acceptors (Lipinski definition) is 14. The maximum absolute atomic E-state index is 11.4. The topological polar surface area (TPSA) is 124 Å². The van der Waals surface area contributed by atoms with Gasteiger partial charge in [-0.1, -0.05) is 60.9 Å². The van der Waals surface area contributed by atoms with Crippen LogP contribution in [0.2, 0.25) is 0 Å². The minimum absolute atomic E-state index is 0.0966. The van der Waals surface area contributed by atoms with E-state index in [4.69, 9.17) is 28.4 Å². The number of thioether (sulfide) groups is 4. The monoisotopic (exact) mass is 868 g/mol. The zero-order chi connectivity index (χ0) is 42.1. The number of hydrogen-bond donors (Lipinski definition) is 0. The van der Waals surface area contributed by atoms with Crippen molar-refractivity contribution < 1.29 is 47.6 Å². The highest BCUT2D eigenvalue weighted by molar-refractivity contribution is 8.14. The maximum atomic E-state index is 11.4. The van der Waals surface area contributed by atoms with Gasteiger partial charge in [0.25, 0.3) is 0 Å². The van der Waals surface area contributed by atoms with Crippen molar-refractivity contribution in [2.24, 2.45) is 0 Å². The van der Waals surface area contributed by atoms with Gasteiger partial charge in [0.05, 0.1) is 39.6 Å². The number of rotatable bonds is 30. The molecule has 0 saturated carbocycles. The van der Waals surface area contributed by atoms with Crippen LogP contribution in [0.4, 0.5) is 0 Å². The Labute approximate surface area is 358 Å². The first-order chi connectivity index (χ1) is 27.3. The molecule has 0 aliphatic carbocycles. The predicted molar refractivity (Wildman–Crippen MR) is 237 cm³/mol. The third-order valence-electron chi connectivity index (χ3n) is 8.49. The van der Waals surface area contributed by atoms with E-state index in [0.717, 1.165) is 70.6 Å². The van der Waals surface area contributed by atoms with Crippen LogP contribution in [-0.4, -0.2) is 83.1 Å². The third-order valence-corrected chi connectivity index (χ3v) is 12.1. The van der Waals surface area contributed by atoms with Crippen LogP contribution in [0.5, 0.6) is 11.5 Å². The van der Waals surface area contributed by atoms with E-state index in [0.29, 0.717) is 89.1 Å². The number of benzene rings is 2. The second kappa shape index (κ2) is 29.2. The van der Waals surface area contributed by atoms with Crippen molar-refractivity contribution in [1.82, 2.24) is 0 Å². The van der Waals surface area contributed by atoms with E-state index in [-0.39, 0.29) is 20.5 Å². The van der Waals surface area contributed by atoms with Crippen molar-refractivity contribution in [3.8, 4) is 11.5 Å². The standard InChI is InChI=1S/C43H64O10S4/c1-9-52-41-35(27-48-15-11-19-54-31(3)44)23-39(24-36(41)28-49-16-12-20-55-32(4)45)43(7,8)40-25-37(29-50-17-13-21-56-33(5)46)42(53-10-2)38(26-40)30-51-18-14-22-57-34(6)47/h23-26H,9-22,27-30H2,1-8H3. The highest BCUT2D eigenvalue weighted by atomic mass is 32.2. The van der Waals surface area contributed by atoms with Gasteiger partial charge in [-0.25, -0.2) is 0 Å². The summed E-state index contributed by atoms with van der Waals surface area (Å²) in [5.41, 5.74) is 5.24. The van der Waals surface area contributed by atoms with Crippen molar-refractivity contribution in [3.05, 3.63) is 57.6 Å². The molecule has 0 spiro atoms. The van der Waals surface area contributed by atoms with Gasteiger partial charge in [0.1, 0.15) is 11.5 Å². The first kappa shape index (κ1) is 51.1. The van der Waals surface area contributed by atoms with Gasteiger partial charge in [0, 0.05) is 105 Å². The number of carbonyl (C=O) groups excluding carboxylic acids is 4. The van der Waals surface area contributed by atoms with Gasteiger partial charge in [0.15, 0.2) is 20.5 Å². The van der Waals surface area contributed by atoms with E-state index in [9.17, 15) is 19.2 Å². The molecule has 0 radical (unpaired) electrons. The molecule has 0 saturated heterocycles. The van der Waals surface area contributed by atoms with Gasteiger partial charge in [-0.05, 0) is 74.9 Å². The first-order valence-corrected chi connectivity index (χ1v) is 23.7. The minimum Gasteiger partial charge on any atom is -0.493 e. The van der Waals surface area contributed by atoms with Crippen molar-refractivity contribution in [2.45, 2.75) is 113 Å². The molecule has 0 atom stereocenters. The number of ether oxygens (including phenoxy) is 6. The van der Waals surface area contributed by atoms with Crippen LogP contribution in [0.1, 0.15) is 114 Å². The molecule has 10 nitrogen and oxygen atoms in total. The molecule has 14 heteroatoms. The fourth-order valence-corrected chi connectivity index (χ4v) is 7.92. The number of carbonyl (C=O) groups is 4. The fourth-order valence-electron chi connectivity index (χ4n) is 5.72. The molecule has 0 bridgehead atoms. The molecule has 2 aromatic carbocycles. The Morgan fingerprint density at radius 3 is 0.930 bits per heavy atom. The lowest BCUT2D eigenvalue weighted by Gasteiger charge is -2.30. The first-order valence-electron chi connectivity index (χ1n) is 19.7. The molecule has 0 unspecified atom stereocenters. The van der Waals surface area contributed by atoms with Gasteiger partial charge < -0.3 is 28.4 Å². The molecule has 0 N–H and O–H groups in total. The summed E-state index contributed by atoms with van der Waals surface area (Å²) >= 11 is 5.21. The highest BCUT2D eigenvalue weighted by Gasteiger charge is 2.29. The second-order valence-corrected chi connectivity index (χ2v) is 18.8. The quantitative estimate of drug-likeness (QED) is 0.0693. The van der Waals surface area contributed by atoms with Crippen LogP contribution < -0.4 is 9.47 Å². The zero-order valence-corrected chi connectivity index (χ0v) is 38.5. The summed E-state index contributed by atoms with van der Waals surface area (Å²) in [6.07, 6.45) is 3.00. The van der Waals surface area contributed by atoms with E-state index in [1.54, 1.807) is 27.7 Å². The van der Waals surface area contributed by atoms with Crippen LogP contribution in [-0.2, 0) is 70.0 Å². The summed E-state index contributed by atoms with van der Waals surface area (Å²) in [7, 11) is 0. The summed E-state index contributed by atoms with van der Waals surface area (Å²) in [6.45, 7) is 18.9. The Hall–Kier alpha value is -2.04. The lowest BCUT2D eigenvalue weighted by atomic mass is 9.76. The summed E-state index contributed by atoms with van der Waals surface area (Å²) in [6, 6.07) is 8.63. The van der Waals surface area contributed by atoms with Crippen LogP contribution in [0.15, 0.2) is 24.3 Å². The van der Waals surface area contributed by atoms with E-state index < -0.39 is 5.41 Å². The lowest BCUT2D eigenvalue weighted by Crippen LogP contribution is -2.22. The Morgan fingerprint density at radius 2 is 0.719 bits per heavy atom. The van der Waals surface area contributed by atoms with Crippen LogP contribution >= 0.6 is 47.0 Å². The van der Waals surface area contributed by atoms with Gasteiger partial charge in [0.2, 0.25) is 0 Å². The molecule has 2 rings (SSSR count). The Balaban J connectivity index is 2.56. The predicted octanol–water partition coefficient (Wildman–Crippen LogP) is 9.56. The molecule has 0 aliphatic rings. The molecule has 2 aromatic rings. The Morgan fingerprint density at radius 1 is 0.474 bits per heavy atom. The van der Waals surface area contributed by atoms with Gasteiger partial charge >= 0.3 is 0 Å². The Kier molecular flexibility index (Phi) is 26.2. The van der Waals surface area contributed by atoms with Crippen LogP contribution in [0.3, 0.4) is 0 Å². The molecule has 0 heterocycles. The molecular weight excluding hydrogens is 805 g/mol. The highest BCUT2D eigenvalue weighted by Crippen LogP contribution is 2.40. The molecule has 0 amide bonds. The molecule has 0 fully saturated rings. The molecular formula is C43H64O10S4. The van der Waals surface area contributed by atoms with Crippen LogP contribution in [0, 0.1) is 0 Å². The van der Waals surface area contributed by atoms with Gasteiger partial charge in [-0.15, -0.1) is 0 Å². The summed E-state index contributed by atoms with van der Waals surface area (Å²) in [5, 5.41) is 0.386. The molecule has 0 aliphatic heterocycles. The lowest BCUT2D eigenvalue weighted by molar-refractivity contribution is -0.109. The van der Waals surface area contributed by atoms with E-state index in [2.05, 4.69) is 38.1 Å². The largest absolute Gasteiger partial charge is 0.493 e. The normalized spacial score (nSPS) is 11.5. The van der Waals surface area contributed by atoms with Gasteiger partial charge in [-0.3, -0.25) is 19.2 Å². The van der Waals surface area contributed by atoms with Crippen molar-refractivity contribution in [3.63, 3.8) is 0 Å². The smallest absolute Gasteiger partial charge is 0.185 e. The maximum Gasteiger partial charge on any atom is 0.185 e. The van der Waals surface area contributed by atoms with E-state index in [1.807, 2.05) is 13.8 Å². The van der Waals surface area contributed by atoms with Gasteiger partial charge in [-0.2, -0.15) is 0 Å². The zero-order valence-electron chi connectivity index (χ0n) is 35.3. The third kappa shape index (κ3) is 20.7. The molecule has 0 aromatic heterocycles. The van der Waals surface area contributed by atoms with Crippen molar-refractivity contribution >= 4 is 67.5 Å². The average Bonchev–Trinajstić information content (AvgIpc) is 3.15. The van der Waals surface area contributed by atoms with Crippen LogP contribution in [0.25, 0.3) is 0 Å². The average molecular weight is 869 g/mol. The Bertz CT molecular complexity index is 1340. The molecule has 57 heavy (non-hydrogen) atoms. The minimum atomic E-state index is -0.519. The SMILES string of the molecule is CCOc1c(COCCCSC(C)=O)cc(C(C)(C)c2cc(COCCCSC(C)=O)c(OCC)c(COCCCSC(C)=O)c2)cc1COCCCSC(C)=O. The summed E-state index contributed by atoms with van der Waals surface area (Å²) < 4.78 is 37.2. The fraction of sp³-hybridized carbons (Fsp3) is 0.628. The summed E-state index contributed by atoms with van der Waals surface area (Å²) in [4.78, 5) is 45.7. The summed E-state index contributed by atoms with van der Waals surface area (Å²) in [5.74, 6) is 4.29. The van der Waals surface area contributed by atoms with Crippen molar-refractivity contribution in [2.75, 3.05) is 62.7 Å². The van der Waals surface area contributed by atoms with E-state index >= 15 is 0 Å². The second-order valence-electron chi connectivity index (χ2n) is 13.7. The van der Waals surface area contributed by atoms with E-state index in [1.165, 1.54) is 47.0 Å². The molecule has 320 valence electrons. The van der Waals surface area contributed by atoms with Crippen molar-refractivity contribution in [1.29, 1.82) is 0 Å².